The van der Waals surface area contributed by atoms with Gasteiger partial charge in [0.05, 0.1) is 0 Å². The second-order valence-electron chi connectivity index (χ2n) is 8.69. The van der Waals surface area contributed by atoms with Crippen LogP contribution in [0.25, 0.3) is 6.08 Å². The first kappa shape index (κ1) is 19.0. The second kappa shape index (κ2) is 7.69. The summed E-state index contributed by atoms with van der Waals surface area (Å²) in [6, 6.07) is 12.3. The molecule has 4 aliphatic heterocycles. The SMILES string of the molecule is [Y].[c-]1c(/C=c2\[c-]c3c4c(c2)CCC[N+]=4CCC3)cc2c3c1CCCN3CCC2. The fraction of sp³-hybridized carbons (Fsp3) is 0.480. The zero-order valence-electron chi connectivity index (χ0n) is 16.7. The van der Waals surface area contributed by atoms with Crippen LogP contribution in [0.3, 0.4) is 0 Å². The molecule has 0 unspecified atom stereocenters. The summed E-state index contributed by atoms with van der Waals surface area (Å²) in [5, 5.41) is 2.78. The predicted molar refractivity (Wildman–Crippen MR) is 110 cm³/mol. The van der Waals surface area contributed by atoms with Crippen molar-refractivity contribution in [1.82, 2.24) is 4.58 Å². The van der Waals surface area contributed by atoms with E-state index < -0.39 is 0 Å². The van der Waals surface area contributed by atoms with Gasteiger partial charge in [0.25, 0.3) is 0 Å². The number of nitrogens with zero attached hydrogens (tertiary/aromatic N) is 2. The third-order valence-electron chi connectivity index (χ3n) is 6.83. The molecule has 4 aliphatic rings. The first-order valence-electron chi connectivity index (χ1n) is 10.9. The molecule has 2 aromatic rings. The van der Waals surface area contributed by atoms with E-state index in [-0.39, 0.29) is 32.7 Å². The molecule has 0 spiro atoms. The molecular formula is C25H27N2Y-. The standard InChI is InChI=1S/C25H27N2.Y/c1-5-20-14-18(15-21-6-2-10-26(9-1)24(20)21)13-19-16-22-7-3-11-27-12-4-8-23(17-19)25(22)27;/h13-14,16H,1-12H2;/q-1;. The predicted octanol–water partition coefficient (Wildman–Crippen LogP) is 2.20. The Labute approximate surface area is 193 Å². The van der Waals surface area contributed by atoms with Crippen molar-refractivity contribution in [2.24, 2.45) is 0 Å². The molecular weight excluding hydrogens is 417 g/mol. The van der Waals surface area contributed by atoms with Gasteiger partial charge in [-0.15, -0.1) is 41.5 Å². The first-order chi connectivity index (χ1) is 13.3. The second-order valence-corrected chi connectivity index (χ2v) is 8.69. The minimum atomic E-state index is 0. The summed E-state index contributed by atoms with van der Waals surface area (Å²) in [4.78, 5) is 2.60. The van der Waals surface area contributed by atoms with Crippen LogP contribution in [0.5, 0.6) is 0 Å². The summed E-state index contributed by atoms with van der Waals surface area (Å²) in [7, 11) is 0. The number of hydrogen-bond acceptors (Lipinski definition) is 1. The topological polar surface area (TPSA) is 6.25 Å². The van der Waals surface area contributed by atoms with Crippen LogP contribution in [0.15, 0.2) is 12.1 Å². The van der Waals surface area contributed by atoms with E-state index in [4.69, 9.17) is 0 Å². The maximum absolute atomic E-state index is 3.77. The van der Waals surface area contributed by atoms with Crippen molar-refractivity contribution in [2.45, 2.75) is 51.4 Å². The molecule has 0 fully saturated rings. The van der Waals surface area contributed by atoms with Crippen molar-refractivity contribution in [3.63, 3.8) is 0 Å². The Kier molecular flexibility index (Phi) is 5.22. The first-order valence-corrected chi connectivity index (χ1v) is 10.9. The number of anilines is 1. The van der Waals surface area contributed by atoms with Gasteiger partial charge in [0.1, 0.15) is 18.4 Å². The molecule has 3 heteroatoms. The van der Waals surface area contributed by atoms with E-state index in [0.717, 1.165) is 0 Å². The average Bonchev–Trinajstić information content (AvgIpc) is 2.69. The van der Waals surface area contributed by atoms with E-state index in [0.29, 0.717) is 0 Å². The van der Waals surface area contributed by atoms with Crippen LogP contribution in [0, 0.1) is 12.1 Å². The Bertz CT molecular complexity index is 983. The largest absolute Gasteiger partial charge is 0.410 e. The zero-order chi connectivity index (χ0) is 17.8. The van der Waals surface area contributed by atoms with Gasteiger partial charge in [-0.1, -0.05) is 11.1 Å². The minimum Gasteiger partial charge on any atom is -0.410 e. The third-order valence-corrected chi connectivity index (χ3v) is 6.83. The molecule has 0 saturated carbocycles. The molecule has 4 heterocycles. The minimum absolute atomic E-state index is 0. The Balaban J connectivity index is 0.00000171. The van der Waals surface area contributed by atoms with Crippen molar-refractivity contribution in [1.29, 1.82) is 0 Å². The molecule has 0 aliphatic carbocycles. The van der Waals surface area contributed by atoms with Crippen LogP contribution in [-0.4, -0.2) is 26.2 Å². The van der Waals surface area contributed by atoms with Gasteiger partial charge in [0, 0.05) is 58.6 Å². The molecule has 141 valence electrons. The molecule has 6 rings (SSSR count). The van der Waals surface area contributed by atoms with Crippen molar-refractivity contribution < 1.29 is 32.7 Å². The van der Waals surface area contributed by atoms with E-state index in [9.17, 15) is 0 Å². The molecule has 0 N–H and O–H groups in total. The van der Waals surface area contributed by atoms with E-state index >= 15 is 0 Å². The Morgan fingerprint density at radius 2 is 1.57 bits per heavy atom. The molecule has 1 radical (unpaired) electrons. The summed E-state index contributed by atoms with van der Waals surface area (Å²) in [6.07, 6.45) is 12.3. The van der Waals surface area contributed by atoms with Crippen molar-refractivity contribution >= 4 is 11.8 Å². The maximum Gasteiger partial charge on any atom is 0.134 e. The number of benzene rings is 2. The summed E-state index contributed by atoms with van der Waals surface area (Å²) in [5.74, 6) is 0. The fourth-order valence-electron chi connectivity index (χ4n) is 5.78. The van der Waals surface area contributed by atoms with Gasteiger partial charge in [-0.25, -0.2) is 0 Å². The average molecular weight is 444 g/mol. The van der Waals surface area contributed by atoms with Gasteiger partial charge >= 0.3 is 0 Å². The zero-order valence-corrected chi connectivity index (χ0v) is 19.5. The fourth-order valence-corrected chi connectivity index (χ4v) is 5.78. The normalized spacial score (nSPS) is 20.4. The van der Waals surface area contributed by atoms with Crippen LogP contribution in [0.2, 0.25) is 0 Å². The summed E-state index contributed by atoms with van der Waals surface area (Å²) >= 11 is 0. The van der Waals surface area contributed by atoms with Crippen LogP contribution >= 0.6 is 0 Å². The summed E-state index contributed by atoms with van der Waals surface area (Å²) in [6.45, 7) is 4.93. The van der Waals surface area contributed by atoms with E-state index in [1.54, 1.807) is 11.1 Å². The molecule has 2 aromatic carbocycles. The Morgan fingerprint density at radius 1 is 0.821 bits per heavy atom. The van der Waals surface area contributed by atoms with E-state index in [1.807, 2.05) is 0 Å². The van der Waals surface area contributed by atoms with Crippen LogP contribution in [0.1, 0.15) is 53.5 Å². The molecule has 0 atom stereocenters. The van der Waals surface area contributed by atoms with Crippen molar-refractivity contribution in [2.75, 3.05) is 31.1 Å². The summed E-state index contributed by atoms with van der Waals surface area (Å²) < 4.78 is 2.60. The van der Waals surface area contributed by atoms with Gasteiger partial charge in [0.2, 0.25) is 0 Å². The molecule has 0 amide bonds. The Morgan fingerprint density at radius 3 is 2.46 bits per heavy atom. The van der Waals surface area contributed by atoms with Gasteiger partial charge in [-0.05, 0) is 44.2 Å². The van der Waals surface area contributed by atoms with Crippen LogP contribution in [-0.2, 0) is 58.4 Å². The van der Waals surface area contributed by atoms with Gasteiger partial charge < -0.3 is 4.90 Å². The summed E-state index contributed by atoms with van der Waals surface area (Å²) in [5.41, 5.74) is 8.78. The Hall–Kier alpha value is -0.986. The van der Waals surface area contributed by atoms with Crippen molar-refractivity contribution in [3.8, 4) is 0 Å². The number of rotatable bonds is 1. The molecule has 0 saturated heterocycles. The van der Waals surface area contributed by atoms with Crippen molar-refractivity contribution in [3.05, 3.63) is 62.7 Å². The van der Waals surface area contributed by atoms with Gasteiger partial charge in [-0.2, -0.15) is 10.8 Å². The molecule has 28 heavy (non-hydrogen) atoms. The van der Waals surface area contributed by atoms with E-state index in [1.165, 1.54) is 110 Å². The van der Waals surface area contributed by atoms with Crippen LogP contribution < -0.4 is 20.1 Å². The monoisotopic (exact) mass is 444 g/mol. The van der Waals surface area contributed by atoms with Gasteiger partial charge in [-0.3, -0.25) is 4.58 Å². The van der Waals surface area contributed by atoms with Crippen LogP contribution in [0.4, 0.5) is 5.69 Å². The maximum atomic E-state index is 3.77. The molecule has 0 aromatic heterocycles. The quantitative estimate of drug-likeness (QED) is 0.483. The molecule has 2 nitrogen and oxygen atoms in total. The smallest absolute Gasteiger partial charge is 0.134 e. The van der Waals surface area contributed by atoms with Gasteiger partial charge in [0.15, 0.2) is 0 Å². The number of aryl methyl sites for hydroxylation is 4. The number of hydrogen-bond donors (Lipinski definition) is 0. The molecule has 0 bridgehead atoms. The third kappa shape index (κ3) is 3.21. The van der Waals surface area contributed by atoms with E-state index in [2.05, 4.69) is 39.8 Å².